The zero-order chi connectivity index (χ0) is 19.5. The van der Waals surface area contributed by atoms with Crippen LogP contribution < -0.4 is 10.6 Å². The molecule has 1 saturated carbocycles. The normalized spacial score (nSPS) is 30.2. The second-order valence-corrected chi connectivity index (χ2v) is 8.09. The van der Waals surface area contributed by atoms with Crippen molar-refractivity contribution in [2.24, 2.45) is 5.92 Å². The van der Waals surface area contributed by atoms with Gasteiger partial charge in [0.15, 0.2) is 5.79 Å². The van der Waals surface area contributed by atoms with Crippen molar-refractivity contribution in [3.8, 4) is 0 Å². The molecule has 0 radical (unpaired) electrons. The molecule has 2 N–H and O–H groups in total. The molecule has 1 saturated heterocycles. The van der Waals surface area contributed by atoms with E-state index in [-0.39, 0.29) is 29.8 Å². The topological polar surface area (TPSA) is 95.1 Å². The number of hydrogen-bond donors (Lipinski definition) is 2. The molecule has 148 valence electrons. The molecule has 8 nitrogen and oxygen atoms in total. The largest absolute Gasteiger partial charge is 0.504 e. The van der Waals surface area contributed by atoms with Crippen LogP contribution in [0.3, 0.4) is 0 Å². The molecule has 1 heterocycles. The number of hydrogen-bond acceptors (Lipinski definition) is 6. The molecule has 0 bridgehead atoms. The summed E-state index contributed by atoms with van der Waals surface area (Å²) in [7, 11) is 1.42. The van der Waals surface area contributed by atoms with Crippen molar-refractivity contribution in [3.05, 3.63) is 12.3 Å². The van der Waals surface area contributed by atoms with Crippen LogP contribution in [0.4, 0.5) is 4.79 Å². The van der Waals surface area contributed by atoms with Gasteiger partial charge in [-0.3, -0.25) is 10.1 Å². The van der Waals surface area contributed by atoms with E-state index in [1.54, 1.807) is 0 Å². The van der Waals surface area contributed by atoms with E-state index in [0.29, 0.717) is 13.0 Å². The summed E-state index contributed by atoms with van der Waals surface area (Å²) in [5.41, 5.74) is -0.256. The third kappa shape index (κ3) is 5.69. The molecule has 0 aromatic carbocycles. The number of methoxy groups -OCH3 is 1. The van der Waals surface area contributed by atoms with E-state index >= 15 is 0 Å². The fourth-order valence-corrected chi connectivity index (χ4v) is 3.24. The molecule has 0 spiro atoms. The summed E-state index contributed by atoms with van der Waals surface area (Å²) in [5.74, 6) is -1.19. The lowest BCUT2D eigenvalue weighted by Gasteiger charge is -2.26. The molecule has 1 aliphatic heterocycles. The average molecular weight is 370 g/mol. The molecular formula is C18H30N2O6. The number of imide groups is 1. The predicted octanol–water partition coefficient (Wildman–Crippen LogP) is 1.70. The lowest BCUT2D eigenvalue weighted by atomic mass is 10.1. The van der Waals surface area contributed by atoms with Gasteiger partial charge in [0.05, 0.1) is 37.7 Å². The number of carbonyl (C=O) groups is 2. The third-order valence-electron chi connectivity index (χ3n) is 4.22. The second kappa shape index (κ2) is 7.94. The molecule has 3 amide bonds. The molecule has 0 aromatic heterocycles. The van der Waals surface area contributed by atoms with E-state index in [1.807, 2.05) is 34.6 Å². The highest BCUT2D eigenvalue weighted by molar-refractivity contribution is 6.00. The van der Waals surface area contributed by atoms with E-state index in [2.05, 4.69) is 15.4 Å². The van der Waals surface area contributed by atoms with Gasteiger partial charge in [0, 0.05) is 12.0 Å². The van der Waals surface area contributed by atoms with Crippen molar-refractivity contribution < 1.29 is 28.5 Å². The molecule has 4 atom stereocenters. The first kappa shape index (κ1) is 20.7. The quantitative estimate of drug-likeness (QED) is 0.565. The maximum absolute atomic E-state index is 12.1. The average Bonchev–Trinajstić information content (AvgIpc) is 2.96. The highest BCUT2D eigenvalue weighted by Crippen LogP contribution is 2.42. The van der Waals surface area contributed by atoms with Gasteiger partial charge in [0.1, 0.15) is 6.10 Å². The summed E-state index contributed by atoms with van der Waals surface area (Å²) in [6, 6.07) is -0.847. The van der Waals surface area contributed by atoms with Gasteiger partial charge < -0.3 is 24.3 Å². The van der Waals surface area contributed by atoms with Crippen molar-refractivity contribution in [1.82, 2.24) is 10.6 Å². The Balaban J connectivity index is 1.98. The number of urea groups is 1. The minimum atomic E-state index is -0.719. The summed E-state index contributed by atoms with van der Waals surface area (Å²) >= 11 is 0. The van der Waals surface area contributed by atoms with E-state index in [1.165, 1.54) is 13.4 Å². The first-order valence-electron chi connectivity index (χ1n) is 8.81. The van der Waals surface area contributed by atoms with Crippen LogP contribution in [0, 0.1) is 5.92 Å². The first-order valence-corrected chi connectivity index (χ1v) is 8.81. The van der Waals surface area contributed by atoms with Crippen LogP contribution >= 0.6 is 0 Å². The minimum absolute atomic E-state index is 0.0930. The maximum atomic E-state index is 12.1. The van der Waals surface area contributed by atoms with Crippen LogP contribution in [0.2, 0.25) is 0 Å². The number of ether oxygens (including phenoxy) is 4. The van der Waals surface area contributed by atoms with Gasteiger partial charge >= 0.3 is 6.03 Å². The van der Waals surface area contributed by atoms with Crippen molar-refractivity contribution in [2.75, 3.05) is 13.7 Å². The zero-order valence-corrected chi connectivity index (χ0v) is 16.3. The second-order valence-electron chi connectivity index (χ2n) is 8.09. The Kier molecular flexibility index (Phi) is 6.31. The van der Waals surface area contributed by atoms with E-state index < -0.39 is 17.7 Å². The summed E-state index contributed by atoms with van der Waals surface area (Å²) in [4.78, 5) is 23.7. The monoisotopic (exact) mass is 370 g/mol. The minimum Gasteiger partial charge on any atom is -0.504 e. The molecule has 2 rings (SSSR count). The number of amides is 3. The van der Waals surface area contributed by atoms with Crippen LogP contribution in [0.5, 0.6) is 0 Å². The Morgan fingerprint density at radius 2 is 1.88 bits per heavy atom. The Hall–Kier alpha value is -1.64. The van der Waals surface area contributed by atoms with Crippen LogP contribution in [-0.4, -0.2) is 55.3 Å². The van der Waals surface area contributed by atoms with Gasteiger partial charge in [-0.1, -0.05) is 0 Å². The van der Waals surface area contributed by atoms with E-state index in [4.69, 9.17) is 14.2 Å². The highest BCUT2D eigenvalue weighted by Gasteiger charge is 2.54. The van der Waals surface area contributed by atoms with Gasteiger partial charge in [0.2, 0.25) is 0 Å². The van der Waals surface area contributed by atoms with Gasteiger partial charge in [-0.05, 0) is 41.0 Å². The summed E-state index contributed by atoms with van der Waals surface area (Å²) < 4.78 is 22.6. The van der Waals surface area contributed by atoms with Crippen LogP contribution in [0.15, 0.2) is 12.3 Å². The van der Waals surface area contributed by atoms with Crippen LogP contribution in [0.1, 0.15) is 41.0 Å². The van der Waals surface area contributed by atoms with Crippen LogP contribution in [0.25, 0.3) is 0 Å². The Morgan fingerprint density at radius 1 is 1.23 bits per heavy atom. The molecule has 1 unspecified atom stereocenters. The van der Waals surface area contributed by atoms with Crippen molar-refractivity contribution in [3.63, 3.8) is 0 Å². The number of fused-ring (bicyclic) bond motifs is 1. The van der Waals surface area contributed by atoms with Gasteiger partial charge in [-0.25, -0.2) is 4.79 Å². The fraction of sp³-hybridized carbons (Fsp3) is 0.778. The predicted molar refractivity (Wildman–Crippen MR) is 94.2 cm³/mol. The lowest BCUT2D eigenvalue weighted by molar-refractivity contribution is -0.162. The molecule has 2 fully saturated rings. The molecular weight excluding hydrogens is 340 g/mol. The Labute approximate surface area is 154 Å². The van der Waals surface area contributed by atoms with Gasteiger partial charge in [-0.2, -0.15) is 0 Å². The standard InChI is InChI=1S/C18H30N2O6/c1-17(2,3)24-10-11-9-12(15-14(11)25-18(4,5)26-15)19-16(22)20-13(21)7-8-23-6/h7-8,11-12,14-15H,9-10H2,1-6H3,(H2,19,20,21,22)/t11-,12-,14+,15?/m1/s1. The van der Waals surface area contributed by atoms with Gasteiger partial charge in [0.25, 0.3) is 5.91 Å². The Bertz CT molecular complexity index is 554. The zero-order valence-electron chi connectivity index (χ0n) is 16.3. The number of rotatable bonds is 5. The molecule has 2 aliphatic rings. The molecule has 8 heteroatoms. The number of nitrogens with one attached hydrogen (secondary N) is 2. The van der Waals surface area contributed by atoms with Crippen molar-refractivity contribution >= 4 is 11.9 Å². The third-order valence-corrected chi connectivity index (χ3v) is 4.22. The first-order chi connectivity index (χ1) is 12.0. The highest BCUT2D eigenvalue weighted by atomic mass is 16.8. The summed E-state index contributed by atoms with van der Waals surface area (Å²) in [6.45, 7) is 10.2. The summed E-state index contributed by atoms with van der Waals surface area (Å²) in [6.07, 6.45) is 2.53. The van der Waals surface area contributed by atoms with Gasteiger partial charge in [-0.15, -0.1) is 0 Å². The van der Waals surface area contributed by atoms with Crippen LogP contribution in [-0.2, 0) is 23.7 Å². The Morgan fingerprint density at radius 3 is 2.50 bits per heavy atom. The van der Waals surface area contributed by atoms with E-state index in [9.17, 15) is 9.59 Å². The maximum Gasteiger partial charge on any atom is 0.322 e. The fourth-order valence-electron chi connectivity index (χ4n) is 3.24. The molecule has 1 aliphatic carbocycles. The molecule has 26 heavy (non-hydrogen) atoms. The van der Waals surface area contributed by atoms with E-state index in [0.717, 1.165) is 6.08 Å². The molecule has 0 aromatic rings. The summed E-state index contributed by atoms with van der Waals surface area (Å²) in [5, 5.41) is 5.05. The number of carbonyl (C=O) groups excluding carboxylic acids is 2. The lowest BCUT2D eigenvalue weighted by Crippen LogP contribution is -2.48. The SMILES string of the molecule is COC=CC(=O)NC(=O)N[C@@H]1C[C@H](COC(C)(C)C)[C@@H]2OC(C)(C)OC21. The van der Waals surface area contributed by atoms with Crippen molar-refractivity contribution in [2.45, 2.75) is 70.7 Å². The smallest absolute Gasteiger partial charge is 0.322 e. The van der Waals surface area contributed by atoms with Crippen molar-refractivity contribution in [1.29, 1.82) is 0 Å².